The maximum absolute atomic E-state index is 10.8. The quantitative estimate of drug-likeness (QED) is 0.589. The molecule has 0 aromatic rings. The lowest BCUT2D eigenvalue weighted by molar-refractivity contribution is -0.140. The van der Waals surface area contributed by atoms with Crippen LogP contribution in [0, 0.1) is 0 Å². The molecule has 1 aliphatic rings. The molecule has 8 heteroatoms. The van der Waals surface area contributed by atoms with Crippen molar-refractivity contribution in [2.24, 2.45) is 5.14 Å². The molecule has 0 bridgehead atoms. The summed E-state index contributed by atoms with van der Waals surface area (Å²) in [6.07, 6.45) is 0. The van der Waals surface area contributed by atoms with Crippen LogP contribution in [0.5, 0.6) is 0 Å². The van der Waals surface area contributed by atoms with E-state index >= 15 is 0 Å². The van der Waals surface area contributed by atoms with Gasteiger partial charge in [0.05, 0.1) is 5.88 Å². The first-order chi connectivity index (χ1) is 5.43. The topological polar surface area (TPSA) is 101 Å². The number of hydrogen-bond acceptors (Lipinski definition) is 4. The molecule has 0 aromatic heterocycles. The molecule has 0 radical (unpaired) electrons. The predicted octanol–water partition coefficient (Wildman–Crippen LogP) is -1.35. The maximum atomic E-state index is 10.8. The number of rotatable bonds is 2. The van der Waals surface area contributed by atoms with E-state index in [1.54, 1.807) is 0 Å². The highest BCUT2D eigenvalue weighted by Crippen LogP contribution is 2.22. The second kappa shape index (κ2) is 3.21. The van der Waals surface area contributed by atoms with Crippen molar-refractivity contribution in [2.45, 2.75) is 6.04 Å². The molecule has 0 aliphatic carbocycles. The predicted molar refractivity (Wildman–Crippen MR) is 43.7 cm³/mol. The molecular weight excluding hydrogens is 204 g/mol. The van der Waals surface area contributed by atoms with Gasteiger partial charge in [0.2, 0.25) is 0 Å². The number of carbonyl (C=O) groups is 1. The van der Waals surface area contributed by atoms with Gasteiger partial charge in [-0.05, 0) is 0 Å². The van der Waals surface area contributed by atoms with Gasteiger partial charge in [-0.25, -0.2) is 5.14 Å². The minimum absolute atomic E-state index is 0.121. The van der Waals surface area contributed by atoms with Crippen molar-refractivity contribution >= 4 is 27.9 Å². The van der Waals surface area contributed by atoms with Crippen molar-refractivity contribution in [3.05, 3.63) is 0 Å². The number of aliphatic carboxylic acids is 1. The summed E-state index contributed by atoms with van der Waals surface area (Å²) in [6.45, 7) is 0. The SMILES string of the molecule is NS(=O)(=O)N1CSCC1C(=O)O. The van der Waals surface area contributed by atoms with Crippen LogP contribution in [0.3, 0.4) is 0 Å². The number of thioether (sulfide) groups is 1. The van der Waals surface area contributed by atoms with E-state index in [1.165, 1.54) is 11.8 Å². The highest BCUT2D eigenvalue weighted by Gasteiger charge is 2.37. The largest absolute Gasteiger partial charge is 0.480 e. The first-order valence-corrected chi connectivity index (χ1v) is 5.69. The molecule has 12 heavy (non-hydrogen) atoms. The van der Waals surface area contributed by atoms with Crippen LogP contribution in [-0.2, 0) is 15.0 Å². The fraction of sp³-hybridized carbons (Fsp3) is 0.750. The molecule has 0 aromatic carbocycles. The molecule has 1 saturated heterocycles. The zero-order chi connectivity index (χ0) is 9.35. The van der Waals surface area contributed by atoms with Gasteiger partial charge >= 0.3 is 5.97 Å². The first-order valence-electron chi connectivity index (χ1n) is 3.03. The Morgan fingerprint density at radius 2 is 2.25 bits per heavy atom. The standard InChI is InChI=1S/C4H8N2O4S2/c5-12(9,10)6-2-11-1-3(6)4(7)8/h3H,1-2H2,(H,7,8)(H2,5,9,10). The monoisotopic (exact) mass is 212 g/mol. The zero-order valence-corrected chi connectivity index (χ0v) is 7.64. The van der Waals surface area contributed by atoms with Gasteiger partial charge in [0.1, 0.15) is 6.04 Å². The van der Waals surface area contributed by atoms with Crippen molar-refractivity contribution in [2.75, 3.05) is 11.6 Å². The van der Waals surface area contributed by atoms with Gasteiger partial charge in [0, 0.05) is 5.75 Å². The van der Waals surface area contributed by atoms with E-state index in [2.05, 4.69) is 0 Å². The molecule has 6 nitrogen and oxygen atoms in total. The number of hydrogen-bond donors (Lipinski definition) is 2. The van der Waals surface area contributed by atoms with Crippen LogP contribution in [0.1, 0.15) is 0 Å². The second-order valence-corrected chi connectivity index (χ2v) is 4.78. The van der Waals surface area contributed by atoms with E-state index in [0.29, 0.717) is 0 Å². The van der Waals surface area contributed by atoms with Crippen LogP contribution in [0.2, 0.25) is 0 Å². The smallest absolute Gasteiger partial charge is 0.322 e. The van der Waals surface area contributed by atoms with Crippen LogP contribution < -0.4 is 5.14 Å². The fourth-order valence-corrected chi connectivity index (χ4v) is 3.31. The molecule has 1 unspecified atom stereocenters. The minimum atomic E-state index is -3.87. The number of nitrogens with two attached hydrogens (primary N) is 1. The lowest BCUT2D eigenvalue weighted by Crippen LogP contribution is -2.44. The Labute approximate surface area is 73.9 Å². The van der Waals surface area contributed by atoms with E-state index in [4.69, 9.17) is 10.2 Å². The van der Waals surface area contributed by atoms with Crippen LogP contribution in [0.25, 0.3) is 0 Å². The Balaban J connectivity index is 2.85. The lowest BCUT2D eigenvalue weighted by atomic mass is 10.4. The van der Waals surface area contributed by atoms with Crippen molar-refractivity contribution in [1.29, 1.82) is 0 Å². The molecule has 1 heterocycles. The summed E-state index contributed by atoms with van der Waals surface area (Å²) in [5, 5.41) is 13.4. The Kier molecular flexibility index (Phi) is 2.61. The molecule has 1 fully saturated rings. The van der Waals surface area contributed by atoms with Crippen molar-refractivity contribution in [3.8, 4) is 0 Å². The average Bonchev–Trinajstić information content (AvgIpc) is 2.30. The first kappa shape index (κ1) is 9.78. The summed E-state index contributed by atoms with van der Waals surface area (Å²) in [6, 6.07) is -1.01. The summed E-state index contributed by atoms with van der Waals surface area (Å²) < 4.78 is 22.3. The van der Waals surface area contributed by atoms with E-state index in [0.717, 1.165) is 4.31 Å². The van der Waals surface area contributed by atoms with Crippen molar-refractivity contribution in [1.82, 2.24) is 4.31 Å². The number of nitrogens with zero attached hydrogens (tertiary/aromatic N) is 1. The molecule has 1 rings (SSSR count). The maximum Gasteiger partial charge on any atom is 0.322 e. The highest BCUT2D eigenvalue weighted by molar-refractivity contribution is 8.00. The van der Waals surface area contributed by atoms with Crippen molar-refractivity contribution < 1.29 is 18.3 Å². The Morgan fingerprint density at radius 3 is 2.58 bits per heavy atom. The normalized spacial score (nSPS) is 25.9. The van der Waals surface area contributed by atoms with Gasteiger partial charge < -0.3 is 5.11 Å². The molecule has 0 saturated carbocycles. The fourth-order valence-electron chi connectivity index (χ4n) is 0.873. The Morgan fingerprint density at radius 1 is 1.67 bits per heavy atom. The minimum Gasteiger partial charge on any atom is -0.480 e. The van der Waals surface area contributed by atoms with E-state index in [1.807, 2.05) is 0 Å². The third kappa shape index (κ3) is 1.89. The molecule has 70 valence electrons. The number of carboxylic acids is 1. The third-order valence-electron chi connectivity index (χ3n) is 1.45. The number of carboxylic acid groups (broad SMARTS) is 1. The Bertz CT molecular complexity index is 287. The van der Waals surface area contributed by atoms with Crippen LogP contribution in [0.4, 0.5) is 0 Å². The van der Waals surface area contributed by atoms with E-state index in [-0.39, 0.29) is 11.6 Å². The molecular formula is C4H8N2O4S2. The van der Waals surface area contributed by atoms with Gasteiger partial charge in [-0.3, -0.25) is 4.79 Å². The summed E-state index contributed by atoms with van der Waals surface area (Å²) in [7, 11) is -3.87. The van der Waals surface area contributed by atoms with Gasteiger partial charge in [0.25, 0.3) is 10.2 Å². The van der Waals surface area contributed by atoms with Gasteiger partial charge in [-0.1, -0.05) is 0 Å². The summed E-state index contributed by atoms with van der Waals surface area (Å²) in [5.74, 6) is -0.782. The van der Waals surface area contributed by atoms with E-state index < -0.39 is 22.2 Å². The van der Waals surface area contributed by atoms with Crippen LogP contribution in [0.15, 0.2) is 0 Å². The van der Waals surface area contributed by atoms with Crippen LogP contribution in [-0.4, -0.2) is 41.5 Å². The second-order valence-electron chi connectivity index (χ2n) is 2.29. The summed E-state index contributed by atoms with van der Waals surface area (Å²) in [5.41, 5.74) is 0. The third-order valence-corrected chi connectivity index (χ3v) is 3.67. The Hall–Kier alpha value is -0.310. The lowest BCUT2D eigenvalue weighted by Gasteiger charge is -2.15. The molecule has 3 N–H and O–H groups in total. The van der Waals surface area contributed by atoms with Gasteiger partial charge in [-0.2, -0.15) is 12.7 Å². The molecule has 1 atom stereocenters. The average molecular weight is 212 g/mol. The summed E-state index contributed by atoms with van der Waals surface area (Å²) in [4.78, 5) is 10.5. The molecule has 0 spiro atoms. The summed E-state index contributed by atoms with van der Waals surface area (Å²) >= 11 is 1.23. The zero-order valence-electron chi connectivity index (χ0n) is 6.00. The highest BCUT2D eigenvalue weighted by atomic mass is 32.2. The van der Waals surface area contributed by atoms with E-state index in [9.17, 15) is 13.2 Å². The molecule has 1 aliphatic heterocycles. The molecule has 0 amide bonds. The van der Waals surface area contributed by atoms with Gasteiger partial charge in [0.15, 0.2) is 0 Å². The van der Waals surface area contributed by atoms with Gasteiger partial charge in [-0.15, -0.1) is 11.8 Å². The van der Waals surface area contributed by atoms with Crippen molar-refractivity contribution in [3.63, 3.8) is 0 Å². The van der Waals surface area contributed by atoms with Crippen LogP contribution >= 0.6 is 11.8 Å².